The minimum atomic E-state index is -2.81. The fourth-order valence-electron chi connectivity index (χ4n) is 2.98. The summed E-state index contributed by atoms with van der Waals surface area (Å²) in [7, 11) is -2.81. The third-order valence-electron chi connectivity index (χ3n) is 4.02. The van der Waals surface area contributed by atoms with Gasteiger partial charge in [0.15, 0.2) is 5.15 Å². The molecule has 3 heterocycles. The van der Waals surface area contributed by atoms with E-state index in [1.807, 2.05) is 0 Å². The van der Waals surface area contributed by atoms with Gasteiger partial charge >= 0.3 is 0 Å². The van der Waals surface area contributed by atoms with Crippen LogP contribution < -0.4 is 0 Å². The van der Waals surface area contributed by atoms with Gasteiger partial charge in [0, 0.05) is 12.5 Å². The van der Waals surface area contributed by atoms with E-state index in [0.717, 1.165) is 30.9 Å². The van der Waals surface area contributed by atoms with Crippen LogP contribution in [0.4, 0.5) is 0 Å². The lowest BCUT2D eigenvalue weighted by Crippen LogP contribution is -2.25. The molecular formula is C12H17ClN2O2S. The highest BCUT2D eigenvalue weighted by Gasteiger charge is 2.30. The van der Waals surface area contributed by atoms with Crippen molar-refractivity contribution < 1.29 is 8.42 Å². The van der Waals surface area contributed by atoms with Gasteiger partial charge in [-0.25, -0.2) is 13.4 Å². The molecule has 1 aromatic rings. The molecule has 2 aliphatic heterocycles. The molecule has 1 saturated heterocycles. The van der Waals surface area contributed by atoms with Gasteiger partial charge in [-0.2, -0.15) is 0 Å². The van der Waals surface area contributed by atoms with Crippen molar-refractivity contribution in [2.75, 3.05) is 11.5 Å². The van der Waals surface area contributed by atoms with Crippen molar-refractivity contribution in [3.05, 3.63) is 16.7 Å². The van der Waals surface area contributed by atoms with Crippen molar-refractivity contribution in [2.45, 2.75) is 44.6 Å². The van der Waals surface area contributed by atoms with Gasteiger partial charge in [0.25, 0.3) is 0 Å². The van der Waals surface area contributed by atoms with Crippen LogP contribution in [0.2, 0.25) is 5.15 Å². The number of halogens is 1. The Bertz CT molecular complexity index is 551. The minimum absolute atomic E-state index is 0.262. The third kappa shape index (κ3) is 2.18. The Balaban J connectivity index is 1.89. The molecule has 2 aliphatic rings. The van der Waals surface area contributed by atoms with Crippen molar-refractivity contribution in [3.63, 3.8) is 0 Å². The first kappa shape index (κ1) is 12.5. The molecule has 0 atom stereocenters. The molecule has 0 aromatic carbocycles. The zero-order chi connectivity index (χ0) is 12.8. The molecule has 1 fully saturated rings. The standard InChI is InChI=1S/C12H17ClN2O2S/c13-11-10-3-1-2-6-15(10)12(14-11)9-4-7-18(16,17)8-5-9/h9H,1-8H2. The van der Waals surface area contributed by atoms with Crippen LogP contribution in [0.25, 0.3) is 0 Å². The van der Waals surface area contributed by atoms with E-state index in [9.17, 15) is 8.42 Å². The lowest BCUT2D eigenvalue weighted by molar-refractivity contribution is 0.472. The predicted octanol–water partition coefficient (Wildman–Crippen LogP) is 2.17. The van der Waals surface area contributed by atoms with Crippen LogP contribution in [-0.2, 0) is 22.8 Å². The van der Waals surface area contributed by atoms with Crippen molar-refractivity contribution in [3.8, 4) is 0 Å². The summed E-state index contributed by atoms with van der Waals surface area (Å²) in [5.74, 6) is 1.86. The molecule has 1 aromatic heterocycles. The molecule has 0 aliphatic carbocycles. The van der Waals surface area contributed by atoms with E-state index in [-0.39, 0.29) is 17.4 Å². The van der Waals surface area contributed by atoms with E-state index < -0.39 is 9.84 Å². The Kier molecular flexibility index (Phi) is 3.14. The van der Waals surface area contributed by atoms with Crippen molar-refractivity contribution in [1.29, 1.82) is 0 Å². The highest BCUT2D eigenvalue weighted by atomic mass is 35.5. The van der Waals surface area contributed by atoms with Crippen molar-refractivity contribution in [1.82, 2.24) is 9.55 Å². The van der Waals surface area contributed by atoms with Crippen molar-refractivity contribution >= 4 is 21.4 Å². The minimum Gasteiger partial charge on any atom is -0.330 e. The maximum Gasteiger partial charge on any atom is 0.150 e. The number of hydrogen-bond donors (Lipinski definition) is 0. The number of fused-ring (bicyclic) bond motifs is 1. The fourth-order valence-corrected chi connectivity index (χ4v) is 4.76. The fraction of sp³-hybridized carbons (Fsp3) is 0.750. The molecule has 0 saturated carbocycles. The second-order valence-corrected chi connectivity index (χ2v) is 7.90. The Hall–Kier alpha value is -0.550. The van der Waals surface area contributed by atoms with Crippen LogP contribution in [0.5, 0.6) is 0 Å². The summed E-state index contributed by atoms with van der Waals surface area (Å²) in [6, 6.07) is 0. The molecule has 100 valence electrons. The summed E-state index contributed by atoms with van der Waals surface area (Å²) in [6.45, 7) is 0.980. The SMILES string of the molecule is O=S1(=O)CCC(c2nc(Cl)c3n2CCCC3)CC1. The van der Waals surface area contributed by atoms with Gasteiger partial charge in [-0.05, 0) is 32.1 Å². The number of aromatic nitrogens is 2. The predicted molar refractivity (Wildman–Crippen MR) is 70.8 cm³/mol. The first-order valence-electron chi connectivity index (χ1n) is 6.52. The van der Waals surface area contributed by atoms with E-state index in [1.165, 1.54) is 6.42 Å². The number of rotatable bonds is 1. The van der Waals surface area contributed by atoms with Gasteiger partial charge in [0.2, 0.25) is 0 Å². The van der Waals surface area contributed by atoms with Crippen LogP contribution in [0.1, 0.15) is 43.1 Å². The smallest absolute Gasteiger partial charge is 0.150 e. The molecule has 0 unspecified atom stereocenters. The van der Waals surface area contributed by atoms with Gasteiger partial charge in [0.1, 0.15) is 15.7 Å². The zero-order valence-corrected chi connectivity index (χ0v) is 11.8. The van der Waals surface area contributed by atoms with Crippen LogP contribution in [0.15, 0.2) is 0 Å². The summed E-state index contributed by atoms with van der Waals surface area (Å²) in [5.41, 5.74) is 1.14. The molecule has 6 heteroatoms. The molecule has 3 rings (SSSR count). The molecule has 0 bridgehead atoms. The highest BCUT2D eigenvalue weighted by molar-refractivity contribution is 7.91. The first-order chi connectivity index (χ1) is 8.57. The molecule has 0 N–H and O–H groups in total. The lowest BCUT2D eigenvalue weighted by atomic mass is 10.0. The second kappa shape index (κ2) is 4.53. The van der Waals surface area contributed by atoms with Gasteiger partial charge in [-0.1, -0.05) is 11.6 Å². The maximum atomic E-state index is 11.5. The number of imidazole rings is 1. The van der Waals surface area contributed by atoms with E-state index in [2.05, 4.69) is 9.55 Å². The van der Waals surface area contributed by atoms with Gasteiger partial charge in [-0.3, -0.25) is 0 Å². The Labute approximate surface area is 112 Å². The van der Waals surface area contributed by atoms with Gasteiger partial charge in [0.05, 0.1) is 17.2 Å². The highest BCUT2D eigenvalue weighted by Crippen LogP contribution is 2.33. The molecule has 0 spiro atoms. The second-order valence-electron chi connectivity index (χ2n) is 5.24. The van der Waals surface area contributed by atoms with Gasteiger partial charge < -0.3 is 4.57 Å². The van der Waals surface area contributed by atoms with E-state index in [0.29, 0.717) is 18.0 Å². The third-order valence-corrected chi connectivity index (χ3v) is 6.04. The molecule has 4 nitrogen and oxygen atoms in total. The number of hydrogen-bond acceptors (Lipinski definition) is 3. The summed E-state index contributed by atoms with van der Waals surface area (Å²) >= 11 is 6.19. The van der Waals surface area contributed by atoms with Crippen LogP contribution in [0, 0.1) is 0 Å². The zero-order valence-electron chi connectivity index (χ0n) is 10.2. The lowest BCUT2D eigenvalue weighted by Gasteiger charge is -2.24. The average molecular weight is 289 g/mol. The Morgan fingerprint density at radius 2 is 1.94 bits per heavy atom. The van der Waals surface area contributed by atoms with Crippen molar-refractivity contribution in [2.24, 2.45) is 0 Å². The number of sulfone groups is 1. The van der Waals surface area contributed by atoms with Gasteiger partial charge in [-0.15, -0.1) is 0 Å². The largest absolute Gasteiger partial charge is 0.330 e. The summed E-state index contributed by atoms with van der Waals surface area (Å²) in [5, 5.41) is 0.623. The van der Waals surface area contributed by atoms with E-state index in [4.69, 9.17) is 11.6 Å². The summed E-state index contributed by atoms with van der Waals surface area (Å²) in [6.07, 6.45) is 4.71. The van der Waals surface area contributed by atoms with Crippen LogP contribution in [0.3, 0.4) is 0 Å². The monoisotopic (exact) mass is 288 g/mol. The molecule has 0 radical (unpaired) electrons. The molecule has 0 amide bonds. The quantitative estimate of drug-likeness (QED) is 0.796. The molecular weight excluding hydrogens is 272 g/mol. The topological polar surface area (TPSA) is 52.0 Å². The van der Waals surface area contributed by atoms with Crippen LogP contribution >= 0.6 is 11.6 Å². The summed E-state index contributed by atoms with van der Waals surface area (Å²) in [4.78, 5) is 4.50. The Morgan fingerprint density at radius 3 is 2.67 bits per heavy atom. The average Bonchev–Trinajstić information content (AvgIpc) is 2.68. The Morgan fingerprint density at radius 1 is 1.22 bits per heavy atom. The number of nitrogens with zero attached hydrogens (tertiary/aromatic N) is 2. The van der Waals surface area contributed by atoms with E-state index >= 15 is 0 Å². The van der Waals surface area contributed by atoms with Crippen LogP contribution in [-0.4, -0.2) is 29.5 Å². The summed E-state index contributed by atoms with van der Waals surface area (Å²) < 4.78 is 25.2. The molecule has 18 heavy (non-hydrogen) atoms. The van der Waals surface area contributed by atoms with E-state index in [1.54, 1.807) is 0 Å². The first-order valence-corrected chi connectivity index (χ1v) is 8.72. The maximum absolute atomic E-state index is 11.5. The normalized spacial score (nSPS) is 23.8.